The summed E-state index contributed by atoms with van der Waals surface area (Å²) in [6, 6.07) is 15.0. The summed E-state index contributed by atoms with van der Waals surface area (Å²) in [6.45, 7) is 2.74. The van der Waals surface area contributed by atoms with E-state index < -0.39 is 0 Å². The van der Waals surface area contributed by atoms with E-state index >= 15 is 0 Å². The van der Waals surface area contributed by atoms with E-state index in [1.54, 1.807) is 7.11 Å². The zero-order valence-electron chi connectivity index (χ0n) is 14.6. The number of imide groups is 1. The third kappa shape index (κ3) is 3.88. The van der Waals surface area contributed by atoms with Crippen LogP contribution < -0.4 is 15.0 Å². The predicted molar refractivity (Wildman–Crippen MR) is 95.6 cm³/mol. The number of rotatable bonds is 6. The van der Waals surface area contributed by atoms with E-state index in [1.807, 2.05) is 60.8 Å². The molecule has 5 nitrogen and oxygen atoms in total. The molecule has 2 aromatic rings. The van der Waals surface area contributed by atoms with Crippen molar-refractivity contribution >= 4 is 17.5 Å². The minimum atomic E-state index is -0.327. The number of aryl methyl sites for hydroxylation is 1. The topological polar surface area (TPSA) is 63.2 Å². The van der Waals surface area contributed by atoms with Crippen molar-refractivity contribution in [1.82, 2.24) is 0 Å². The summed E-state index contributed by atoms with van der Waals surface area (Å²) in [6.07, 6.45) is 1.10. The Morgan fingerprint density at radius 2 is 1.76 bits per heavy atom. The monoisotopic (exact) mass is 339 g/mol. The van der Waals surface area contributed by atoms with E-state index in [2.05, 4.69) is 0 Å². The van der Waals surface area contributed by atoms with Crippen LogP contribution in [0, 0.1) is 6.92 Å². The lowest BCUT2D eigenvalue weighted by Crippen LogP contribution is -2.92. The molecule has 1 aliphatic heterocycles. The largest absolute Gasteiger partial charge is 0.497 e. The highest BCUT2D eigenvalue weighted by Crippen LogP contribution is 2.22. The number of hydrogen-bond acceptors (Lipinski definition) is 3. The van der Waals surface area contributed by atoms with Gasteiger partial charge in [0.05, 0.1) is 25.8 Å². The number of amides is 2. The van der Waals surface area contributed by atoms with Gasteiger partial charge in [-0.1, -0.05) is 29.8 Å². The number of benzene rings is 2. The highest BCUT2D eigenvalue weighted by Gasteiger charge is 2.41. The summed E-state index contributed by atoms with van der Waals surface area (Å²) < 4.78 is 5.15. The maximum Gasteiger partial charge on any atom is 0.292 e. The van der Waals surface area contributed by atoms with Gasteiger partial charge < -0.3 is 10.1 Å². The number of methoxy groups -OCH3 is 1. The molecule has 0 aromatic heterocycles. The molecular weight excluding hydrogens is 316 g/mol. The molecule has 2 N–H and O–H groups in total. The molecule has 1 heterocycles. The van der Waals surface area contributed by atoms with Crippen LogP contribution in [0.2, 0.25) is 0 Å². The molecule has 1 aliphatic rings. The summed E-state index contributed by atoms with van der Waals surface area (Å²) in [7, 11) is 1.64. The molecule has 2 amide bonds. The van der Waals surface area contributed by atoms with Crippen LogP contribution >= 0.6 is 0 Å². The lowest BCUT2D eigenvalue weighted by Gasteiger charge is -2.14. The first-order chi connectivity index (χ1) is 12.1. The van der Waals surface area contributed by atoms with Crippen molar-refractivity contribution in [3.05, 3.63) is 59.7 Å². The van der Waals surface area contributed by atoms with Gasteiger partial charge >= 0.3 is 0 Å². The summed E-state index contributed by atoms with van der Waals surface area (Å²) in [5.41, 5.74) is 2.95. The molecule has 2 aromatic carbocycles. The molecule has 5 heteroatoms. The second-order valence-corrected chi connectivity index (χ2v) is 6.34. The van der Waals surface area contributed by atoms with E-state index in [-0.39, 0.29) is 24.3 Å². The Kier molecular flexibility index (Phi) is 5.14. The van der Waals surface area contributed by atoms with Crippen molar-refractivity contribution in [2.75, 3.05) is 18.6 Å². The van der Waals surface area contributed by atoms with Crippen LogP contribution in [0.3, 0.4) is 0 Å². The Balaban J connectivity index is 1.57. The molecule has 25 heavy (non-hydrogen) atoms. The zero-order valence-corrected chi connectivity index (χ0v) is 14.6. The molecule has 0 radical (unpaired) electrons. The number of ether oxygens (including phenoxy) is 1. The molecule has 3 rings (SSSR count). The van der Waals surface area contributed by atoms with Crippen molar-refractivity contribution in [3.63, 3.8) is 0 Å². The van der Waals surface area contributed by atoms with Crippen molar-refractivity contribution in [3.8, 4) is 5.75 Å². The summed E-state index contributed by atoms with van der Waals surface area (Å²) >= 11 is 0. The van der Waals surface area contributed by atoms with Crippen LogP contribution in [0.5, 0.6) is 5.75 Å². The van der Waals surface area contributed by atoms with E-state index in [9.17, 15) is 9.59 Å². The van der Waals surface area contributed by atoms with Crippen molar-refractivity contribution in [1.29, 1.82) is 0 Å². The van der Waals surface area contributed by atoms with Crippen molar-refractivity contribution < 1.29 is 19.6 Å². The summed E-state index contributed by atoms with van der Waals surface area (Å²) in [4.78, 5) is 26.2. The molecule has 0 bridgehead atoms. The van der Waals surface area contributed by atoms with Crippen LogP contribution in [-0.4, -0.2) is 31.5 Å². The second-order valence-electron chi connectivity index (χ2n) is 6.34. The third-order valence-corrected chi connectivity index (χ3v) is 4.52. The van der Waals surface area contributed by atoms with E-state index in [0.29, 0.717) is 5.69 Å². The molecule has 1 fully saturated rings. The van der Waals surface area contributed by atoms with Crippen molar-refractivity contribution in [2.45, 2.75) is 25.8 Å². The fraction of sp³-hybridized carbons (Fsp3) is 0.300. The first-order valence-electron chi connectivity index (χ1n) is 8.48. The Hall–Kier alpha value is -2.66. The number of quaternary nitrogens is 1. The lowest BCUT2D eigenvalue weighted by molar-refractivity contribution is -0.674. The average Bonchev–Trinajstić information content (AvgIpc) is 2.90. The second kappa shape index (κ2) is 7.49. The fourth-order valence-electron chi connectivity index (χ4n) is 3.05. The third-order valence-electron chi connectivity index (χ3n) is 4.52. The first-order valence-corrected chi connectivity index (χ1v) is 8.48. The molecule has 1 saturated heterocycles. The summed E-state index contributed by atoms with van der Waals surface area (Å²) in [5, 5.41) is 1.97. The number of nitrogens with zero attached hydrogens (tertiary/aromatic N) is 1. The summed E-state index contributed by atoms with van der Waals surface area (Å²) in [5.74, 6) is 0.584. The molecule has 0 spiro atoms. The van der Waals surface area contributed by atoms with Gasteiger partial charge in [-0.05, 0) is 36.8 Å². The molecular formula is C20H23N2O3+. The van der Waals surface area contributed by atoms with Crippen LogP contribution in [0.15, 0.2) is 48.5 Å². The molecule has 0 saturated carbocycles. The predicted octanol–water partition coefficient (Wildman–Crippen LogP) is 1.44. The Morgan fingerprint density at radius 3 is 2.40 bits per heavy atom. The van der Waals surface area contributed by atoms with Crippen LogP contribution in [0.1, 0.15) is 17.5 Å². The Labute approximate surface area is 147 Å². The van der Waals surface area contributed by atoms with Crippen LogP contribution in [0.25, 0.3) is 0 Å². The molecule has 0 aliphatic carbocycles. The number of hydrogen-bond donors (Lipinski definition) is 1. The van der Waals surface area contributed by atoms with E-state index in [0.717, 1.165) is 24.3 Å². The standard InChI is InChI=1S/C20H22N2O3/c1-14-3-7-16(8-4-14)22-19(23)13-18(20(22)24)21-12-11-15-5-9-17(25-2)10-6-15/h3-10,18,21H,11-13H2,1-2H3/p+1/t18-/m0/s1. The SMILES string of the molecule is COc1ccc(CC[NH2+][C@H]2CC(=O)N(c3ccc(C)cc3)C2=O)cc1. The number of carbonyl (C=O) groups is 2. The normalized spacial score (nSPS) is 17.2. The van der Waals surface area contributed by atoms with Crippen LogP contribution in [0.4, 0.5) is 5.69 Å². The van der Waals surface area contributed by atoms with Gasteiger partial charge in [0, 0.05) is 6.42 Å². The highest BCUT2D eigenvalue weighted by molar-refractivity contribution is 6.21. The quantitative estimate of drug-likeness (QED) is 0.810. The number of carbonyl (C=O) groups excluding carboxylic acids is 2. The van der Waals surface area contributed by atoms with Gasteiger partial charge in [0.1, 0.15) is 5.75 Å². The smallest absolute Gasteiger partial charge is 0.292 e. The maximum absolute atomic E-state index is 12.6. The minimum Gasteiger partial charge on any atom is -0.497 e. The molecule has 130 valence electrons. The molecule has 1 atom stereocenters. The number of anilines is 1. The number of nitrogens with two attached hydrogens (primary N) is 1. The Morgan fingerprint density at radius 1 is 1.08 bits per heavy atom. The van der Waals surface area contributed by atoms with Gasteiger partial charge in [-0.3, -0.25) is 9.59 Å². The first kappa shape index (κ1) is 17.2. The van der Waals surface area contributed by atoms with Gasteiger partial charge in [-0.2, -0.15) is 0 Å². The molecule has 0 unspecified atom stereocenters. The Bertz CT molecular complexity index is 754. The van der Waals surface area contributed by atoms with Crippen LogP contribution in [-0.2, 0) is 16.0 Å². The van der Waals surface area contributed by atoms with Gasteiger partial charge in [-0.25, -0.2) is 4.90 Å². The zero-order chi connectivity index (χ0) is 17.8. The lowest BCUT2D eigenvalue weighted by atomic mass is 10.1. The maximum atomic E-state index is 12.6. The highest BCUT2D eigenvalue weighted by atomic mass is 16.5. The minimum absolute atomic E-state index is 0.122. The van der Waals surface area contributed by atoms with Gasteiger partial charge in [-0.15, -0.1) is 0 Å². The van der Waals surface area contributed by atoms with E-state index in [4.69, 9.17) is 4.74 Å². The van der Waals surface area contributed by atoms with Gasteiger partial charge in [0.2, 0.25) is 5.91 Å². The van der Waals surface area contributed by atoms with Gasteiger partial charge in [0.15, 0.2) is 6.04 Å². The average molecular weight is 339 g/mol. The van der Waals surface area contributed by atoms with Gasteiger partial charge in [0.25, 0.3) is 5.91 Å². The van der Waals surface area contributed by atoms with E-state index in [1.165, 1.54) is 10.5 Å². The van der Waals surface area contributed by atoms with Crippen molar-refractivity contribution in [2.24, 2.45) is 0 Å². The fourth-order valence-corrected chi connectivity index (χ4v) is 3.05.